The summed E-state index contributed by atoms with van der Waals surface area (Å²) in [5, 5.41) is 8.36. The first kappa shape index (κ1) is 23.5. The average molecular weight is 479 g/mol. The number of benzene rings is 3. The van der Waals surface area contributed by atoms with Gasteiger partial charge in [0.05, 0.1) is 4.90 Å². The van der Waals surface area contributed by atoms with Crippen LogP contribution in [-0.4, -0.2) is 37.8 Å². The molecule has 1 aliphatic rings. The van der Waals surface area contributed by atoms with Crippen LogP contribution in [0.3, 0.4) is 0 Å². The van der Waals surface area contributed by atoms with E-state index in [9.17, 15) is 18.0 Å². The zero-order chi connectivity index (χ0) is 24.0. The third-order valence-electron chi connectivity index (χ3n) is 5.65. The van der Waals surface area contributed by atoms with Crippen LogP contribution in [0, 0.1) is 5.92 Å². The fourth-order valence-corrected chi connectivity index (χ4v) is 5.29. The van der Waals surface area contributed by atoms with E-state index >= 15 is 0 Å². The normalized spacial score (nSPS) is 14.8. The molecular weight excluding hydrogens is 452 g/mol. The lowest BCUT2D eigenvalue weighted by molar-refractivity contribution is -0.120. The van der Waals surface area contributed by atoms with E-state index in [2.05, 4.69) is 16.0 Å². The van der Waals surface area contributed by atoms with Crippen molar-refractivity contribution in [2.75, 3.05) is 29.0 Å². The molecule has 3 aromatic carbocycles. The number of carbonyl (C=O) groups is 2. The van der Waals surface area contributed by atoms with Crippen molar-refractivity contribution < 1.29 is 18.0 Å². The standard InChI is InChI=1S/C25H26N4O4S/c30-24(19-15-17-29(18-16-19)34(32,33)23-9-5-2-6-10-23)26-21-11-13-22(14-12-21)28-25(31)27-20-7-3-1-4-8-20/h1-14,19H,15-18H2,(H,26,30)(H2,27,28,31). The average Bonchev–Trinajstić information content (AvgIpc) is 2.86. The largest absolute Gasteiger partial charge is 0.326 e. The molecule has 3 N–H and O–H groups in total. The van der Waals surface area contributed by atoms with Crippen molar-refractivity contribution in [1.29, 1.82) is 0 Å². The van der Waals surface area contributed by atoms with Crippen molar-refractivity contribution in [2.24, 2.45) is 5.92 Å². The molecule has 1 aliphatic heterocycles. The van der Waals surface area contributed by atoms with E-state index in [-0.39, 0.29) is 22.8 Å². The molecule has 176 valence electrons. The number of sulfonamides is 1. The lowest BCUT2D eigenvalue weighted by atomic mass is 9.97. The molecule has 0 spiro atoms. The number of rotatable bonds is 6. The van der Waals surface area contributed by atoms with Crippen molar-refractivity contribution >= 4 is 39.0 Å². The van der Waals surface area contributed by atoms with Crippen LogP contribution >= 0.6 is 0 Å². The molecule has 9 heteroatoms. The van der Waals surface area contributed by atoms with E-state index in [1.54, 1.807) is 66.7 Å². The van der Waals surface area contributed by atoms with Crippen molar-refractivity contribution in [1.82, 2.24) is 4.31 Å². The van der Waals surface area contributed by atoms with Gasteiger partial charge in [0, 0.05) is 36.1 Å². The number of anilines is 3. The molecule has 34 heavy (non-hydrogen) atoms. The molecular formula is C25H26N4O4S. The summed E-state index contributed by atoms with van der Waals surface area (Å²) in [7, 11) is -3.54. The molecule has 3 aromatic rings. The summed E-state index contributed by atoms with van der Waals surface area (Å²) in [6.45, 7) is 0.601. The van der Waals surface area contributed by atoms with Crippen LogP contribution in [0.5, 0.6) is 0 Å². The molecule has 3 amide bonds. The minimum Gasteiger partial charge on any atom is -0.326 e. The van der Waals surface area contributed by atoms with Gasteiger partial charge in [0.15, 0.2) is 0 Å². The highest BCUT2D eigenvalue weighted by molar-refractivity contribution is 7.89. The van der Waals surface area contributed by atoms with Gasteiger partial charge in [-0.25, -0.2) is 13.2 Å². The number of hydrogen-bond donors (Lipinski definition) is 3. The third kappa shape index (κ3) is 5.81. The Bertz CT molecular complexity index is 1220. The predicted molar refractivity (Wildman–Crippen MR) is 132 cm³/mol. The summed E-state index contributed by atoms with van der Waals surface area (Å²) in [4.78, 5) is 25.1. The first-order valence-corrected chi connectivity index (χ1v) is 12.4. The second-order valence-electron chi connectivity index (χ2n) is 8.00. The lowest BCUT2D eigenvalue weighted by Gasteiger charge is -2.30. The Morgan fingerprint density at radius 2 is 1.15 bits per heavy atom. The summed E-state index contributed by atoms with van der Waals surface area (Å²) < 4.78 is 27.0. The molecule has 1 fully saturated rings. The Morgan fingerprint density at radius 1 is 0.676 bits per heavy atom. The van der Waals surface area contributed by atoms with Gasteiger partial charge in [-0.05, 0) is 61.4 Å². The molecule has 0 aromatic heterocycles. The van der Waals surface area contributed by atoms with Crippen LogP contribution < -0.4 is 16.0 Å². The van der Waals surface area contributed by atoms with Crippen molar-refractivity contribution in [3.05, 3.63) is 84.9 Å². The number of nitrogens with one attached hydrogen (secondary N) is 3. The number of urea groups is 1. The maximum atomic E-state index is 12.8. The molecule has 1 saturated heterocycles. The number of amides is 3. The Morgan fingerprint density at radius 3 is 1.71 bits per heavy atom. The number of hydrogen-bond acceptors (Lipinski definition) is 4. The first-order chi connectivity index (χ1) is 16.4. The maximum Gasteiger partial charge on any atom is 0.323 e. The first-order valence-electron chi connectivity index (χ1n) is 11.0. The van der Waals surface area contributed by atoms with Crippen LogP contribution in [0.15, 0.2) is 89.8 Å². The van der Waals surface area contributed by atoms with Crippen LogP contribution in [0.25, 0.3) is 0 Å². The van der Waals surface area contributed by atoms with E-state index in [1.807, 2.05) is 18.2 Å². The van der Waals surface area contributed by atoms with Gasteiger partial charge in [-0.3, -0.25) is 4.79 Å². The summed E-state index contributed by atoms with van der Waals surface area (Å²) >= 11 is 0. The Hall–Kier alpha value is -3.69. The SMILES string of the molecule is O=C(Nc1ccccc1)Nc1ccc(NC(=O)C2CCN(S(=O)(=O)c3ccccc3)CC2)cc1. The molecule has 0 atom stereocenters. The zero-order valence-corrected chi connectivity index (χ0v) is 19.3. The molecule has 1 heterocycles. The molecule has 0 unspecified atom stereocenters. The summed E-state index contributed by atoms with van der Waals surface area (Å²) in [6.07, 6.45) is 0.911. The van der Waals surface area contributed by atoms with E-state index in [1.165, 1.54) is 4.31 Å². The van der Waals surface area contributed by atoms with Crippen molar-refractivity contribution in [2.45, 2.75) is 17.7 Å². The van der Waals surface area contributed by atoms with E-state index < -0.39 is 10.0 Å². The van der Waals surface area contributed by atoms with Crippen LogP contribution in [0.1, 0.15) is 12.8 Å². The predicted octanol–water partition coefficient (Wildman–Crippen LogP) is 4.37. The highest BCUT2D eigenvalue weighted by Gasteiger charge is 2.32. The third-order valence-corrected chi connectivity index (χ3v) is 7.56. The van der Waals surface area contributed by atoms with E-state index in [4.69, 9.17) is 0 Å². The van der Waals surface area contributed by atoms with Gasteiger partial charge in [0.2, 0.25) is 15.9 Å². The van der Waals surface area contributed by atoms with Crippen molar-refractivity contribution in [3.63, 3.8) is 0 Å². The minimum absolute atomic E-state index is 0.140. The maximum absolute atomic E-state index is 12.8. The minimum atomic E-state index is -3.54. The highest BCUT2D eigenvalue weighted by Crippen LogP contribution is 2.25. The van der Waals surface area contributed by atoms with Gasteiger partial charge < -0.3 is 16.0 Å². The van der Waals surface area contributed by atoms with Gasteiger partial charge in [0.1, 0.15) is 0 Å². The second-order valence-corrected chi connectivity index (χ2v) is 9.94. The topological polar surface area (TPSA) is 108 Å². The monoisotopic (exact) mass is 478 g/mol. The van der Waals surface area contributed by atoms with Crippen molar-refractivity contribution in [3.8, 4) is 0 Å². The number of para-hydroxylation sites is 1. The van der Waals surface area contributed by atoms with Crippen LogP contribution in [-0.2, 0) is 14.8 Å². The molecule has 0 bridgehead atoms. The van der Waals surface area contributed by atoms with Gasteiger partial charge in [0.25, 0.3) is 0 Å². The van der Waals surface area contributed by atoms with Gasteiger partial charge in [-0.15, -0.1) is 0 Å². The Kier molecular flexibility index (Phi) is 7.24. The molecule has 0 radical (unpaired) electrons. The fourth-order valence-electron chi connectivity index (χ4n) is 3.80. The molecule has 4 rings (SSSR count). The van der Waals surface area contributed by atoms with Gasteiger partial charge >= 0.3 is 6.03 Å². The second kappa shape index (κ2) is 10.5. The van der Waals surface area contributed by atoms with Crippen LogP contribution in [0.4, 0.5) is 21.9 Å². The number of carbonyl (C=O) groups excluding carboxylic acids is 2. The fraction of sp³-hybridized carbons (Fsp3) is 0.200. The Balaban J connectivity index is 1.27. The number of piperidine rings is 1. The van der Waals surface area contributed by atoms with E-state index in [0.29, 0.717) is 43.0 Å². The molecule has 0 saturated carbocycles. The van der Waals surface area contributed by atoms with E-state index in [0.717, 1.165) is 0 Å². The van der Waals surface area contributed by atoms with Gasteiger partial charge in [-0.2, -0.15) is 4.31 Å². The summed E-state index contributed by atoms with van der Waals surface area (Å²) in [5.74, 6) is -0.407. The smallest absolute Gasteiger partial charge is 0.323 e. The summed E-state index contributed by atoms with van der Waals surface area (Å²) in [6, 6.07) is 23.9. The lowest BCUT2D eigenvalue weighted by Crippen LogP contribution is -2.41. The summed E-state index contributed by atoms with van der Waals surface area (Å²) in [5.41, 5.74) is 1.88. The Labute approximate surface area is 199 Å². The molecule has 8 nitrogen and oxygen atoms in total. The van der Waals surface area contributed by atoms with Crippen LogP contribution in [0.2, 0.25) is 0 Å². The zero-order valence-electron chi connectivity index (χ0n) is 18.5. The quantitative estimate of drug-likeness (QED) is 0.489. The highest BCUT2D eigenvalue weighted by atomic mass is 32.2. The number of nitrogens with zero attached hydrogens (tertiary/aromatic N) is 1. The van der Waals surface area contributed by atoms with Gasteiger partial charge in [-0.1, -0.05) is 36.4 Å². The molecule has 0 aliphatic carbocycles.